The number of benzene rings is 1. The first kappa shape index (κ1) is 12.6. The summed E-state index contributed by atoms with van der Waals surface area (Å²) < 4.78 is 1.06. The molecule has 0 amide bonds. The van der Waals surface area contributed by atoms with E-state index in [9.17, 15) is 9.90 Å². The minimum atomic E-state index is -0.660. The Kier molecular flexibility index (Phi) is 3.84. The molecule has 1 aliphatic rings. The third-order valence-electron chi connectivity index (χ3n) is 3.47. The molecule has 1 aromatic rings. The Balaban J connectivity index is 1.83. The van der Waals surface area contributed by atoms with Gasteiger partial charge in [-0.25, -0.2) is 0 Å². The van der Waals surface area contributed by atoms with Gasteiger partial charge in [0.25, 0.3) is 0 Å². The molecule has 1 aromatic carbocycles. The van der Waals surface area contributed by atoms with E-state index in [1.807, 2.05) is 24.3 Å². The van der Waals surface area contributed by atoms with Crippen LogP contribution in [0.25, 0.3) is 0 Å². The van der Waals surface area contributed by atoms with Gasteiger partial charge in [-0.1, -0.05) is 34.5 Å². The predicted molar refractivity (Wildman–Crippen MR) is 69.8 cm³/mol. The van der Waals surface area contributed by atoms with Crippen molar-refractivity contribution in [2.45, 2.75) is 25.8 Å². The normalized spacial score (nSPS) is 17.5. The maximum absolute atomic E-state index is 11.1. The van der Waals surface area contributed by atoms with Gasteiger partial charge in [-0.15, -0.1) is 0 Å². The zero-order valence-corrected chi connectivity index (χ0v) is 11.2. The first-order valence-electron chi connectivity index (χ1n) is 5.81. The highest BCUT2D eigenvalue weighted by atomic mass is 79.9. The molecule has 3 nitrogen and oxygen atoms in total. The van der Waals surface area contributed by atoms with Crippen LogP contribution in [0.1, 0.15) is 24.8 Å². The molecule has 0 spiro atoms. The smallest absolute Gasteiger partial charge is 0.310 e. The van der Waals surface area contributed by atoms with Gasteiger partial charge >= 0.3 is 5.97 Å². The highest BCUT2D eigenvalue weighted by Gasteiger charge is 2.43. The minimum Gasteiger partial charge on any atom is -0.481 e. The number of hydrogen-bond acceptors (Lipinski definition) is 2. The van der Waals surface area contributed by atoms with E-state index in [0.29, 0.717) is 6.54 Å². The van der Waals surface area contributed by atoms with Crippen LogP contribution in [-0.4, -0.2) is 17.6 Å². The maximum Gasteiger partial charge on any atom is 0.310 e. The lowest BCUT2D eigenvalue weighted by Crippen LogP contribution is -2.45. The fourth-order valence-electron chi connectivity index (χ4n) is 2.12. The fourth-order valence-corrected chi connectivity index (χ4v) is 2.38. The average molecular weight is 298 g/mol. The average Bonchev–Trinajstić information content (AvgIpc) is 2.24. The van der Waals surface area contributed by atoms with Crippen molar-refractivity contribution in [2.75, 3.05) is 6.54 Å². The molecule has 0 saturated heterocycles. The number of aliphatic carboxylic acids is 1. The Morgan fingerprint density at radius 1 is 1.35 bits per heavy atom. The van der Waals surface area contributed by atoms with E-state index in [0.717, 1.165) is 30.3 Å². The van der Waals surface area contributed by atoms with Crippen LogP contribution in [0.15, 0.2) is 28.7 Å². The molecule has 1 aliphatic carbocycles. The van der Waals surface area contributed by atoms with Crippen molar-refractivity contribution in [1.29, 1.82) is 0 Å². The van der Waals surface area contributed by atoms with Crippen LogP contribution in [0.5, 0.6) is 0 Å². The van der Waals surface area contributed by atoms with Crippen molar-refractivity contribution in [3.05, 3.63) is 34.3 Å². The number of carbonyl (C=O) groups is 1. The van der Waals surface area contributed by atoms with E-state index in [2.05, 4.69) is 21.2 Å². The topological polar surface area (TPSA) is 49.3 Å². The van der Waals surface area contributed by atoms with E-state index < -0.39 is 11.4 Å². The first-order valence-corrected chi connectivity index (χ1v) is 6.60. The molecule has 4 heteroatoms. The summed E-state index contributed by atoms with van der Waals surface area (Å²) in [5.41, 5.74) is 0.670. The van der Waals surface area contributed by atoms with Gasteiger partial charge in [-0.2, -0.15) is 0 Å². The number of rotatable bonds is 5. The van der Waals surface area contributed by atoms with Crippen LogP contribution < -0.4 is 5.32 Å². The van der Waals surface area contributed by atoms with Crippen molar-refractivity contribution in [1.82, 2.24) is 5.32 Å². The zero-order chi connectivity index (χ0) is 12.3. The summed E-state index contributed by atoms with van der Waals surface area (Å²) >= 11 is 3.39. The van der Waals surface area contributed by atoms with E-state index in [-0.39, 0.29) is 0 Å². The lowest BCUT2D eigenvalue weighted by molar-refractivity contribution is -0.154. The summed E-state index contributed by atoms with van der Waals surface area (Å²) in [6.45, 7) is 1.29. The molecule has 2 rings (SSSR count). The molecular formula is C13H16BrNO2. The number of nitrogens with one attached hydrogen (secondary N) is 1. The molecule has 92 valence electrons. The van der Waals surface area contributed by atoms with Crippen LogP contribution in [0, 0.1) is 5.41 Å². The summed E-state index contributed by atoms with van der Waals surface area (Å²) in [6, 6.07) is 8.05. The van der Waals surface area contributed by atoms with Gasteiger partial charge in [0.15, 0.2) is 0 Å². The van der Waals surface area contributed by atoms with Crippen molar-refractivity contribution < 1.29 is 9.90 Å². The van der Waals surface area contributed by atoms with Gasteiger partial charge in [0.2, 0.25) is 0 Å². The summed E-state index contributed by atoms with van der Waals surface area (Å²) in [7, 11) is 0. The summed E-state index contributed by atoms with van der Waals surface area (Å²) in [5, 5.41) is 12.4. The molecule has 0 aliphatic heterocycles. The van der Waals surface area contributed by atoms with Gasteiger partial charge in [-0.05, 0) is 30.5 Å². The Bertz CT molecular complexity index is 398. The molecule has 1 fully saturated rings. The van der Waals surface area contributed by atoms with E-state index >= 15 is 0 Å². The number of halogens is 1. The Morgan fingerprint density at radius 3 is 2.47 bits per heavy atom. The van der Waals surface area contributed by atoms with Gasteiger partial charge in [0.1, 0.15) is 0 Å². The molecule has 2 N–H and O–H groups in total. The second-order valence-corrected chi connectivity index (χ2v) is 5.58. The number of carboxylic acids is 1. The van der Waals surface area contributed by atoms with E-state index in [4.69, 9.17) is 0 Å². The SMILES string of the molecule is O=C(O)C1(CNCc2ccc(Br)cc2)CCC1. The standard InChI is InChI=1S/C13H16BrNO2/c14-11-4-2-10(3-5-11)8-15-9-13(12(16)17)6-1-7-13/h2-5,15H,1,6-9H2,(H,16,17). The van der Waals surface area contributed by atoms with Crippen LogP contribution in [0.2, 0.25) is 0 Å². The molecule has 0 bridgehead atoms. The quantitative estimate of drug-likeness (QED) is 0.879. The Labute approximate surface area is 109 Å². The Hall–Kier alpha value is -0.870. The van der Waals surface area contributed by atoms with Crippen molar-refractivity contribution in [2.24, 2.45) is 5.41 Å². The first-order chi connectivity index (χ1) is 8.12. The minimum absolute atomic E-state index is 0.505. The van der Waals surface area contributed by atoms with Crippen LogP contribution in [0.4, 0.5) is 0 Å². The molecular weight excluding hydrogens is 282 g/mol. The second kappa shape index (κ2) is 5.19. The predicted octanol–water partition coefficient (Wildman–Crippen LogP) is 2.79. The largest absolute Gasteiger partial charge is 0.481 e. The number of carboxylic acid groups (broad SMARTS) is 1. The van der Waals surface area contributed by atoms with Crippen LogP contribution in [-0.2, 0) is 11.3 Å². The number of hydrogen-bond donors (Lipinski definition) is 2. The summed E-state index contributed by atoms with van der Waals surface area (Å²) in [6.07, 6.45) is 2.64. The van der Waals surface area contributed by atoms with Gasteiger partial charge in [0.05, 0.1) is 5.41 Å². The third-order valence-corrected chi connectivity index (χ3v) is 4.00. The van der Waals surface area contributed by atoms with Gasteiger partial charge in [-0.3, -0.25) is 4.79 Å². The van der Waals surface area contributed by atoms with Gasteiger partial charge in [0, 0.05) is 17.6 Å². The Morgan fingerprint density at radius 2 is 2.00 bits per heavy atom. The molecule has 0 heterocycles. The van der Waals surface area contributed by atoms with Crippen molar-refractivity contribution >= 4 is 21.9 Å². The lowest BCUT2D eigenvalue weighted by Gasteiger charge is -2.37. The maximum atomic E-state index is 11.1. The second-order valence-electron chi connectivity index (χ2n) is 4.67. The summed E-state index contributed by atoms with van der Waals surface area (Å²) in [5.74, 6) is -0.660. The monoisotopic (exact) mass is 297 g/mol. The molecule has 1 saturated carbocycles. The molecule has 0 radical (unpaired) electrons. The zero-order valence-electron chi connectivity index (χ0n) is 9.58. The van der Waals surface area contributed by atoms with Crippen molar-refractivity contribution in [3.8, 4) is 0 Å². The van der Waals surface area contributed by atoms with Gasteiger partial charge < -0.3 is 10.4 Å². The third kappa shape index (κ3) is 2.87. The molecule has 17 heavy (non-hydrogen) atoms. The molecule has 0 atom stereocenters. The van der Waals surface area contributed by atoms with E-state index in [1.165, 1.54) is 5.56 Å². The highest BCUT2D eigenvalue weighted by Crippen LogP contribution is 2.40. The fraction of sp³-hybridized carbons (Fsp3) is 0.462. The van der Waals surface area contributed by atoms with E-state index in [1.54, 1.807) is 0 Å². The molecule has 0 unspecified atom stereocenters. The van der Waals surface area contributed by atoms with Crippen LogP contribution >= 0.6 is 15.9 Å². The highest BCUT2D eigenvalue weighted by molar-refractivity contribution is 9.10. The lowest BCUT2D eigenvalue weighted by atomic mass is 9.69. The van der Waals surface area contributed by atoms with Crippen LogP contribution in [0.3, 0.4) is 0 Å². The molecule has 0 aromatic heterocycles. The summed E-state index contributed by atoms with van der Waals surface area (Å²) in [4.78, 5) is 11.1. The van der Waals surface area contributed by atoms with Crippen molar-refractivity contribution in [3.63, 3.8) is 0 Å².